The number of ether oxygens (including phenoxy) is 2. The second kappa shape index (κ2) is 7.99. The molecule has 0 saturated heterocycles. The first kappa shape index (κ1) is 20.6. The zero-order valence-electron chi connectivity index (χ0n) is 17.5. The van der Waals surface area contributed by atoms with Crippen LogP contribution in [-0.2, 0) is 16.8 Å². The van der Waals surface area contributed by atoms with Gasteiger partial charge in [-0.3, -0.25) is 0 Å². The van der Waals surface area contributed by atoms with Crippen LogP contribution in [0.15, 0.2) is 73.2 Å². The van der Waals surface area contributed by atoms with E-state index >= 15 is 0 Å². The number of fused-ring (bicyclic) bond motifs is 6. The van der Waals surface area contributed by atoms with Crippen molar-refractivity contribution < 1.29 is 24.5 Å². The average Bonchev–Trinajstić information content (AvgIpc) is 3.42. The van der Waals surface area contributed by atoms with Gasteiger partial charge in [-0.05, 0) is 36.9 Å². The first-order valence-corrected chi connectivity index (χ1v) is 10.4. The molecule has 0 atom stereocenters. The smallest absolute Gasteiger partial charge is 0.340 e. The van der Waals surface area contributed by atoms with Crippen LogP contribution < -0.4 is 10.5 Å². The molecule has 5 N–H and O–H groups in total. The molecule has 2 aliphatic rings. The van der Waals surface area contributed by atoms with Gasteiger partial charge in [0.2, 0.25) is 0 Å². The third kappa shape index (κ3) is 3.37. The summed E-state index contributed by atoms with van der Waals surface area (Å²) in [5.74, 6) is 0.408. The Morgan fingerprint density at radius 1 is 0.939 bits per heavy atom. The van der Waals surface area contributed by atoms with Crippen LogP contribution in [0.3, 0.4) is 0 Å². The summed E-state index contributed by atoms with van der Waals surface area (Å²) < 4.78 is 11.8. The summed E-state index contributed by atoms with van der Waals surface area (Å²) in [6.07, 6.45) is 4.33. The fourth-order valence-corrected chi connectivity index (χ4v) is 4.23. The summed E-state index contributed by atoms with van der Waals surface area (Å²) in [6, 6.07) is 16.6. The van der Waals surface area contributed by atoms with Gasteiger partial charge in [0.25, 0.3) is 0 Å². The van der Waals surface area contributed by atoms with Crippen LogP contribution >= 0.6 is 0 Å². The van der Waals surface area contributed by atoms with Crippen molar-refractivity contribution in [2.24, 2.45) is 5.73 Å². The van der Waals surface area contributed by atoms with Crippen molar-refractivity contribution in [3.63, 3.8) is 0 Å². The lowest BCUT2D eigenvalue weighted by Crippen LogP contribution is -2.32. The van der Waals surface area contributed by atoms with Gasteiger partial charge < -0.3 is 30.4 Å². The predicted octanol–water partition coefficient (Wildman–Crippen LogP) is 3.58. The molecule has 6 rings (SSSR count). The average molecular weight is 443 g/mol. The van der Waals surface area contributed by atoms with Crippen LogP contribution in [0.5, 0.6) is 23.0 Å². The number of carbonyl (C=O) groups excluding carboxylic acids is 1. The molecule has 1 spiro atoms. The van der Waals surface area contributed by atoms with Gasteiger partial charge in [-0.15, -0.1) is 0 Å². The normalized spacial score (nSPS) is 14.3. The molecule has 2 aliphatic heterocycles. The number of hydrogen-bond donors (Lipinski definition) is 4. The number of hydrogen-bond acceptors (Lipinski definition) is 7. The topological polar surface area (TPSA) is 131 Å². The van der Waals surface area contributed by atoms with E-state index in [1.165, 1.54) is 24.3 Å². The summed E-state index contributed by atoms with van der Waals surface area (Å²) in [5.41, 5.74) is 7.66. The SMILES string of the molecule is NCCc1cnc[nH]1.O=C1OC2(c3ccc(O)cc3Oc3cc(O)ccc32)c2ccccc21. The monoisotopic (exact) mass is 443 g/mol. The van der Waals surface area contributed by atoms with Crippen LogP contribution in [-0.4, -0.2) is 32.7 Å². The number of benzene rings is 3. The lowest BCUT2D eigenvalue weighted by Gasteiger charge is -2.36. The number of nitrogens with zero attached hydrogens (tertiary/aromatic N) is 1. The van der Waals surface area contributed by atoms with Crippen LogP contribution in [0.1, 0.15) is 32.7 Å². The summed E-state index contributed by atoms with van der Waals surface area (Å²) in [6.45, 7) is 0.683. The van der Waals surface area contributed by atoms with E-state index in [1.54, 1.807) is 36.8 Å². The van der Waals surface area contributed by atoms with Gasteiger partial charge in [0.1, 0.15) is 23.0 Å². The van der Waals surface area contributed by atoms with E-state index in [-0.39, 0.29) is 11.5 Å². The molecule has 0 fully saturated rings. The van der Waals surface area contributed by atoms with Crippen molar-refractivity contribution in [1.82, 2.24) is 9.97 Å². The molecule has 4 aromatic rings. The van der Waals surface area contributed by atoms with Crippen molar-refractivity contribution in [3.8, 4) is 23.0 Å². The predicted molar refractivity (Wildman–Crippen MR) is 119 cm³/mol. The summed E-state index contributed by atoms with van der Waals surface area (Å²) in [4.78, 5) is 19.3. The highest BCUT2D eigenvalue weighted by molar-refractivity contribution is 5.97. The van der Waals surface area contributed by atoms with Crippen molar-refractivity contribution in [3.05, 3.63) is 101 Å². The number of nitrogens with two attached hydrogens (primary N) is 1. The Hall–Kier alpha value is -4.30. The van der Waals surface area contributed by atoms with E-state index < -0.39 is 11.6 Å². The third-order valence-electron chi connectivity index (χ3n) is 5.65. The first-order chi connectivity index (χ1) is 16.0. The van der Waals surface area contributed by atoms with Gasteiger partial charge in [0, 0.05) is 47.1 Å². The standard InChI is InChI=1S/C20H12O5.C5H9N3/c21-11-5-7-15-17(9-11)24-18-10-12(22)6-8-16(18)20(15)14-4-2-1-3-13(14)19(23)25-20;6-2-1-5-3-7-4-8-5/h1-10,21-22H;3-4H,1-2,6H2,(H,7,8). The van der Waals surface area contributed by atoms with Gasteiger partial charge in [-0.1, -0.05) is 18.2 Å². The van der Waals surface area contributed by atoms with Crippen LogP contribution in [0, 0.1) is 0 Å². The number of H-pyrrole nitrogens is 1. The highest BCUT2D eigenvalue weighted by Crippen LogP contribution is 2.56. The maximum atomic E-state index is 12.5. The molecule has 0 bridgehead atoms. The van der Waals surface area contributed by atoms with Crippen molar-refractivity contribution in [2.75, 3.05) is 6.54 Å². The number of rotatable bonds is 2. The van der Waals surface area contributed by atoms with Gasteiger partial charge >= 0.3 is 5.97 Å². The molecule has 0 radical (unpaired) electrons. The fraction of sp³-hybridized carbons (Fsp3) is 0.120. The Balaban J connectivity index is 0.000000243. The van der Waals surface area contributed by atoms with Crippen molar-refractivity contribution in [2.45, 2.75) is 12.0 Å². The molecule has 166 valence electrons. The number of nitrogens with one attached hydrogen (secondary N) is 1. The van der Waals surface area contributed by atoms with Gasteiger partial charge in [0.05, 0.1) is 11.9 Å². The first-order valence-electron chi connectivity index (χ1n) is 10.4. The van der Waals surface area contributed by atoms with Gasteiger partial charge in [-0.2, -0.15) is 0 Å². The highest BCUT2D eigenvalue weighted by atomic mass is 16.6. The molecule has 0 saturated carbocycles. The number of phenolic OH excluding ortho intramolecular Hbond substituents is 2. The number of imidazole rings is 1. The lowest BCUT2D eigenvalue weighted by atomic mass is 9.77. The van der Waals surface area contributed by atoms with Gasteiger partial charge in [0.15, 0.2) is 5.60 Å². The van der Waals surface area contributed by atoms with E-state index in [1.807, 2.05) is 12.1 Å². The second-order valence-electron chi connectivity index (χ2n) is 7.69. The van der Waals surface area contributed by atoms with E-state index in [9.17, 15) is 15.0 Å². The molecule has 1 aromatic heterocycles. The minimum Gasteiger partial charge on any atom is -0.508 e. The highest BCUT2D eigenvalue weighted by Gasteiger charge is 2.53. The number of aromatic nitrogens is 2. The minimum absolute atomic E-state index is 0.0371. The zero-order valence-corrected chi connectivity index (χ0v) is 17.5. The largest absolute Gasteiger partial charge is 0.508 e. The number of carbonyl (C=O) groups is 1. The zero-order chi connectivity index (χ0) is 23.0. The summed E-state index contributed by atoms with van der Waals surface area (Å²) in [5, 5.41) is 19.7. The molecular weight excluding hydrogens is 422 g/mol. The maximum absolute atomic E-state index is 12.5. The van der Waals surface area contributed by atoms with E-state index in [0.29, 0.717) is 40.3 Å². The Morgan fingerprint density at radius 2 is 1.61 bits per heavy atom. The minimum atomic E-state index is -1.17. The third-order valence-corrected chi connectivity index (χ3v) is 5.65. The summed E-state index contributed by atoms with van der Waals surface area (Å²) in [7, 11) is 0. The van der Waals surface area contributed by atoms with E-state index in [0.717, 1.165) is 12.1 Å². The number of aromatic amines is 1. The molecule has 0 aliphatic carbocycles. The quantitative estimate of drug-likeness (QED) is 0.348. The Morgan fingerprint density at radius 3 is 2.21 bits per heavy atom. The Bertz CT molecular complexity index is 1280. The molecule has 3 aromatic carbocycles. The van der Waals surface area contributed by atoms with Gasteiger partial charge in [-0.25, -0.2) is 9.78 Å². The van der Waals surface area contributed by atoms with Crippen LogP contribution in [0.4, 0.5) is 0 Å². The molecule has 8 heteroatoms. The Labute approximate surface area is 189 Å². The lowest BCUT2D eigenvalue weighted by molar-refractivity contribution is 0.0224. The van der Waals surface area contributed by atoms with Crippen LogP contribution in [0.25, 0.3) is 0 Å². The molecule has 33 heavy (non-hydrogen) atoms. The molecule has 3 heterocycles. The molecule has 0 amide bonds. The number of phenols is 2. The van der Waals surface area contributed by atoms with E-state index in [4.69, 9.17) is 15.2 Å². The maximum Gasteiger partial charge on any atom is 0.340 e. The fourth-order valence-electron chi connectivity index (χ4n) is 4.23. The molecule has 0 unspecified atom stereocenters. The van der Waals surface area contributed by atoms with E-state index in [2.05, 4.69) is 9.97 Å². The Kier molecular flexibility index (Phi) is 4.99. The molecule has 8 nitrogen and oxygen atoms in total. The molecular formula is C25H21N3O5. The summed E-state index contributed by atoms with van der Waals surface area (Å²) >= 11 is 0. The second-order valence-corrected chi connectivity index (χ2v) is 7.69. The number of aromatic hydroxyl groups is 2. The van der Waals surface area contributed by atoms with Crippen LogP contribution in [0.2, 0.25) is 0 Å². The number of esters is 1. The van der Waals surface area contributed by atoms with Crippen molar-refractivity contribution in [1.29, 1.82) is 0 Å². The van der Waals surface area contributed by atoms with Crippen molar-refractivity contribution >= 4 is 5.97 Å².